The van der Waals surface area contributed by atoms with Crippen LogP contribution in [-0.2, 0) is 13.1 Å². The fourth-order valence-electron chi connectivity index (χ4n) is 1.85. The first-order valence-electron chi connectivity index (χ1n) is 6.11. The van der Waals surface area contributed by atoms with Crippen LogP contribution in [-0.4, -0.2) is 0 Å². The molecule has 0 bridgehead atoms. The zero-order valence-corrected chi connectivity index (χ0v) is 10.7. The third-order valence-corrected chi connectivity index (χ3v) is 2.88. The van der Waals surface area contributed by atoms with Gasteiger partial charge in [-0.2, -0.15) is 10.5 Å². The first-order valence-corrected chi connectivity index (χ1v) is 6.11. The Kier molecular flexibility index (Phi) is 4.44. The SMILES string of the molecule is N#Cc1cccc(CNCc2ccc(C#N)cc2F)c1. The van der Waals surface area contributed by atoms with E-state index in [-0.39, 0.29) is 5.82 Å². The number of hydrogen-bond acceptors (Lipinski definition) is 3. The van der Waals surface area contributed by atoms with E-state index in [4.69, 9.17) is 10.5 Å². The van der Waals surface area contributed by atoms with Crippen LogP contribution >= 0.6 is 0 Å². The maximum Gasteiger partial charge on any atom is 0.129 e. The summed E-state index contributed by atoms with van der Waals surface area (Å²) in [4.78, 5) is 0. The Morgan fingerprint density at radius 2 is 1.70 bits per heavy atom. The lowest BCUT2D eigenvalue weighted by Crippen LogP contribution is -2.13. The van der Waals surface area contributed by atoms with Crippen molar-refractivity contribution in [1.82, 2.24) is 5.32 Å². The Morgan fingerprint density at radius 3 is 2.40 bits per heavy atom. The Labute approximate surface area is 116 Å². The van der Waals surface area contributed by atoms with E-state index in [9.17, 15) is 4.39 Å². The number of rotatable bonds is 4. The van der Waals surface area contributed by atoms with Crippen LogP contribution in [0.15, 0.2) is 42.5 Å². The predicted molar refractivity (Wildman–Crippen MR) is 72.8 cm³/mol. The fraction of sp³-hybridized carbons (Fsp3) is 0.125. The van der Waals surface area contributed by atoms with Crippen LogP contribution in [0.2, 0.25) is 0 Å². The van der Waals surface area contributed by atoms with E-state index in [1.54, 1.807) is 24.3 Å². The molecule has 4 heteroatoms. The highest BCUT2D eigenvalue weighted by Gasteiger charge is 2.03. The highest BCUT2D eigenvalue weighted by atomic mass is 19.1. The van der Waals surface area contributed by atoms with E-state index in [0.717, 1.165) is 5.56 Å². The van der Waals surface area contributed by atoms with Crippen molar-refractivity contribution < 1.29 is 4.39 Å². The molecule has 0 aliphatic heterocycles. The number of benzene rings is 2. The van der Waals surface area contributed by atoms with E-state index in [0.29, 0.717) is 29.8 Å². The van der Waals surface area contributed by atoms with E-state index < -0.39 is 0 Å². The summed E-state index contributed by atoms with van der Waals surface area (Å²) in [6, 6.07) is 15.7. The van der Waals surface area contributed by atoms with Gasteiger partial charge in [0.2, 0.25) is 0 Å². The van der Waals surface area contributed by atoms with Gasteiger partial charge in [-0.15, -0.1) is 0 Å². The van der Waals surface area contributed by atoms with E-state index in [1.807, 2.05) is 18.2 Å². The lowest BCUT2D eigenvalue weighted by atomic mass is 10.1. The monoisotopic (exact) mass is 265 g/mol. The minimum atomic E-state index is -0.387. The van der Waals surface area contributed by atoms with Crippen LogP contribution in [0.1, 0.15) is 22.3 Å². The summed E-state index contributed by atoms with van der Waals surface area (Å²) >= 11 is 0. The summed E-state index contributed by atoms with van der Waals surface area (Å²) in [5.74, 6) is -0.387. The predicted octanol–water partition coefficient (Wildman–Crippen LogP) is 2.86. The van der Waals surface area contributed by atoms with Crippen LogP contribution in [0, 0.1) is 28.5 Å². The van der Waals surface area contributed by atoms with Crippen molar-refractivity contribution in [2.75, 3.05) is 0 Å². The van der Waals surface area contributed by atoms with Gasteiger partial charge < -0.3 is 5.32 Å². The van der Waals surface area contributed by atoms with Crippen LogP contribution in [0.25, 0.3) is 0 Å². The number of hydrogen-bond donors (Lipinski definition) is 1. The molecule has 0 unspecified atom stereocenters. The zero-order valence-electron chi connectivity index (χ0n) is 10.7. The van der Waals surface area contributed by atoms with E-state index in [2.05, 4.69) is 11.4 Å². The zero-order chi connectivity index (χ0) is 14.4. The third-order valence-electron chi connectivity index (χ3n) is 2.88. The molecule has 0 amide bonds. The topological polar surface area (TPSA) is 59.6 Å². The lowest BCUT2D eigenvalue weighted by Gasteiger charge is -2.06. The van der Waals surface area contributed by atoms with Gasteiger partial charge >= 0.3 is 0 Å². The number of nitrogens with one attached hydrogen (secondary N) is 1. The molecule has 0 fully saturated rings. The Morgan fingerprint density at radius 1 is 0.950 bits per heavy atom. The third kappa shape index (κ3) is 3.41. The summed E-state index contributed by atoms with van der Waals surface area (Å²) < 4.78 is 13.6. The maximum atomic E-state index is 13.6. The molecule has 0 aliphatic carbocycles. The number of nitrogens with zero attached hydrogens (tertiary/aromatic N) is 2. The molecule has 2 aromatic rings. The second-order valence-electron chi connectivity index (χ2n) is 4.33. The van der Waals surface area contributed by atoms with Gasteiger partial charge in [0.1, 0.15) is 5.82 Å². The van der Waals surface area contributed by atoms with Gasteiger partial charge in [0.05, 0.1) is 23.3 Å². The molecular formula is C16H12FN3. The van der Waals surface area contributed by atoms with Gasteiger partial charge in [-0.1, -0.05) is 18.2 Å². The quantitative estimate of drug-likeness (QED) is 0.924. The van der Waals surface area contributed by atoms with Gasteiger partial charge in [0, 0.05) is 18.7 Å². The highest BCUT2D eigenvalue weighted by molar-refractivity contribution is 5.34. The van der Waals surface area contributed by atoms with Crippen LogP contribution in [0.4, 0.5) is 4.39 Å². The molecule has 1 N–H and O–H groups in total. The summed E-state index contributed by atoms with van der Waals surface area (Å²) in [7, 11) is 0. The van der Waals surface area contributed by atoms with Crippen molar-refractivity contribution in [2.45, 2.75) is 13.1 Å². The molecule has 0 radical (unpaired) electrons. The molecule has 0 heterocycles. The highest BCUT2D eigenvalue weighted by Crippen LogP contribution is 2.10. The van der Waals surface area contributed by atoms with E-state index >= 15 is 0 Å². The number of nitriles is 2. The molecule has 20 heavy (non-hydrogen) atoms. The van der Waals surface area contributed by atoms with E-state index in [1.165, 1.54) is 6.07 Å². The Bertz CT molecular complexity index is 696. The molecule has 0 saturated carbocycles. The van der Waals surface area contributed by atoms with Crippen LogP contribution in [0.5, 0.6) is 0 Å². The molecule has 2 aromatic carbocycles. The Hall–Kier alpha value is -2.69. The number of halogens is 1. The average Bonchev–Trinajstić information content (AvgIpc) is 2.49. The molecule has 0 atom stereocenters. The largest absolute Gasteiger partial charge is 0.309 e. The standard InChI is InChI=1S/C16H12FN3/c17-16-7-13(9-19)4-5-15(16)11-20-10-14-3-1-2-12(6-14)8-18/h1-7,20H,10-11H2. The molecule has 2 rings (SSSR count). The Balaban J connectivity index is 1.96. The van der Waals surface area contributed by atoms with Crippen LogP contribution < -0.4 is 5.32 Å². The molecule has 0 aliphatic rings. The van der Waals surface area contributed by atoms with Gasteiger partial charge in [-0.25, -0.2) is 4.39 Å². The smallest absolute Gasteiger partial charge is 0.129 e. The summed E-state index contributed by atoms with van der Waals surface area (Å²) in [5, 5.41) is 20.6. The van der Waals surface area contributed by atoms with Crippen molar-refractivity contribution in [3.8, 4) is 12.1 Å². The minimum Gasteiger partial charge on any atom is -0.309 e. The maximum absolute atomic E-state index is 13.6. The van der Waals surface area contributed by atoms with Crippen molar-refractivity contribution in [2.24, 2.45) is 0 Å². The first kappa shape index (κ1) is 13.7. The second kappa shape index (κ2) is 6.47. The molecule has 3 nitrogen and oxygen atoms in total. The molecule has 98 valence electrons. The van der Waals surface area contributed by atoms with Crippen molar-refractivity contribution in [3.63, 3.8) is 0 Å². The second-order valence-corrected chi connectivity index (χ2v) is 4.33. The van der Waals surface area contributed by atoms with Crippen molar-refractivity contribution in [3.05, 3.63) is 70.5 Å². The normalized spacial score (nSPS) is 9.75. The molecule has 0 spiro atoms. The summed E-state index contributed by atoms with van der Waals surface area (Å²) in [6.45, 7) is 0.920. The van der Waals surface area contributed by atoms with Gasteiger partial charge in [-0.05, 0) is 29.8 Å². The lowest BCUT2D eigenvalue weighted by molar-refractivity contribution is 0.587. The summed E-state index contributed by atoms with van der Waals surface area (Å²) in [6.07, 6.45) is 0. The molecular weight excluding hydrogens is 253 g/mol. The van der Waals surface area contributed by atoms with Crippen LogP contribution in [0.3, 0.4) is 0 Å². The summed E-state index contributed by atoms with van der Waals surface area (Å²) in [5.41, 5.74) is 2.40. The first-order chi connectivity index (χ1) is 9.72. The van der Waals surface area contributed by atoms with Gasteiger partial charge in [-0.3, -0.25) is 0 Å². The fourth-order valence-corrected chi connectivity index (χ4v) is 1.85. The van der Waals surface area contributed by atoms with Gasteiger partial charge in [0.15, 0.2) is 0 Å². The minimum absolute atomic E-state index is 0.313. The van der Waals surface area contributed by atoms with Crippen molar-refractivity contribution in [1.29, 1.82) is 10.5 Å². The van der Waals surface area contributed by atoms with Crippen molar-refractivity contribution >= 4 is 0 Å². The molecule has 0 aromatic heterocycles. The molecule has 0 saturated heterocycles. The average molecular weight is 265 g/mol. The van der Waals surface area contributed by atoms with Gasteiger partial charge in [0.25, 0.3) is 0 Å².